The molecule has 1 heterocycles. The first-order valence-electron chi connectivity index (χ1n) is 8.28. The van der Waals surface area contributed by atoms with Gasteiger partial charge in [-0.25, -0.2) is 0 Å². The Kier molecular flexibility index (Phi) is 5.59. The Labute approximate surface area is 124 Å². The summed E-state index contributed by atoms with van der Waals surface area (Å²) in [5.74, 6) is 2.49. The number of nitrogens with one attached hydrogen (secondary N) is 1. The van der Waals surface area contributed by atoms with Crippen LogP contribution in [0.3, 0.4) is 0 Å². The van der Waals surface area contributed by atoms with Crippen LogP contribution in [0.1, 0.15) is 63.8 Å². The summed E-state index contributed by atoms with van der Waals surface area (Å²) in [5.41, 5.74) is 2.60. The van der Waals surface area contributed by atoms with Crippen LogP contribution >= 0.6 is 0 Å². The normalized spacial score (nSPS) is 28.3. The van der Waals surface area contributed by atoms with Crippen molar-refractivity contribution in [3.05, 3.63) is 29.6 Å². The molecule has 1 saturated carbocycles. The first kappa shape index (κ1) is 15.5. The summed E-state index contributed by atoms with van der Waals surface area (Å²) in [7, 11) is 0. The minimum Gasteiger partial charge on any atom is -0.310 e. The van der Waals surface area contributed by atoms with Gasteiger partial charge in [-0.15, -0.1) is 0 Å². The summed E-state index contributed by atoms with van der Waals surface area (Å²) in [4.78, 5) is 4.50. The highest BCUT2D eigenvalue weighted by Gasteiger charge is 2.31. The molecule has 0 saturated heterocycles. The number of nitrogens with zero attached hydrogens (tertiary/aromatic N) is 1. The Morgan fingerprint density at radius 2 is 2.10 bits per heavy atom. The Hall–Kier alpha value is -0.890. The van der Waals surface area contributed by atoms with Crippen molar-refractivity contribution in [3.8, 4) is 0 Å². The molecule has 2 nitrogen and oxygen atoms in total. The van der Waals surface area contributed by atoms with Gasteiger partial charge in [-0.2, -0.15) is 0 Å². The van der Waals surface area contributed by atoms with Gasteiger partial charge in [0.2, 0.25) is 0 Å². The number of hydrogen-bond donors (Lipinski definition) is 1. The van der Waals surface area contributed by atoms with E-state index in [2.05, 4.69) is 50.1 Å². The fourth-order valence-electron chi connectivity index (χ4n) is 3.55. The van der Waals surface area contributed by atoms with E-state index in [9.17, 15) is 0 Å². The topological polar surface area (TPSA) is 24.9 Å². The molecule has 4 unspecified atom stereocenters. The second kappa shape index (κ2) is 7.21. The van der Waals surface area contributed by atoms with Crippen molar-refractivity contribution in [1.29, 1.82) is 0 Å². The maximum absolute atomic E-state index is 4.50. The standard InChI is InChI=1S/C18H30N2/c1-5-10-20-18(17-7-6-11-19-15(17)4)16-9-8-13(2)14(3)12-16/h6-7,11,13-14,16,18,20H,5,8-10,12H2,1-4H3. The second-order valence-corrected chi connectivity index (χ2v) is 6.64. The zero-order valence-electron chi connectivity index (χ0n) is 13.5. The van der Waals surface area contributed by atoms with Gasteiger partial charge in [0.05, 0.1) is 0 Å². The molecule has 112 valence electrons. The van der Waals surface area contributed by atoms with Crippen LogP contribution in [-0.2, 0) is 0 Å². The maximum atomic E-state index is 4.50. The third-order valence-electron chi connectivity index (χ3n) is 5.11. The van der Waals surface area contributed by atoms with Crippen LogP contribution in [0.2, 0.25) is 0 Å². The average Bonchev–Trinajstić information content (AvgIpc) is 2.44. The van der Waals surface area contributed by atoms with Crippen LogP contribution < -0.4 is 5.32 Å². The predicted molar refractivity (Wildman–Crippen MR) is 85.7 cm³/mol. The van der Waals surface area contributed by atoms with Crippen LogP contribution in [0.5, 0.6) is 0 Å². The highest BCUT2D eigenvalue weighted by atomic mass is 14.9. The Morgan fingerprint density at radius 1 is 1.30 bits per heavy atom. The molecule has 0 aromatic carbocycles. The molecule has 1 aromatic rings. The van der Waals surface area contributed by atoms with Crippen LogP contribution in [0.4, 0.5) is 0 Å². The van der Waals surface area contributed by atoms with Gasteiger partial charge in [0.1, 0.15) is 0 Å². The summed E-state index contributed by atoms with van der Waals surface area (Å²) in [6.45, 7) is 10.3. The molecule has 0 spiro atoms. The van der Waals surface area contributed by atoms with Crippen LogP contribution in [0.15, 0.2) is 18.3 Å². The van der Waals surface area contributed by atoms with Crippen molar-refractivity contribution in [2.45, 2.75) is 59.4 Å². The zero-order valence-corrected chi connectivity index (χ0v) is 13.5. The first-order chi connectivity index (χ1) is 9.63. The lowest BCUT2D eigenvalue weighted by atomic mass is 9.72. The van der Waals surface area contributed by atoms with Gasteiger partial charge in [-0.3, -0.25) is 4.98 Å². The van der Waals surface area contributed by atoms with Gasteiger partial charge >= 0.3 is 0 Å². The van der Waals surface area contributed by atoms with E-state index in [4.69, 9.17) is 0 Å². The van der Waals surface area contributed by atoms with E-state index in [0.717, 1.165) is 24.3 Å². The molecule has 2 heteroatoms. The molecule has 1 aliphatic rings. The monoisotopic (exact) mass is 274 g/mol. The van der Waals surface area contributed by atoms with Crippen molar-refractivity contribution in [3.63, 3.8) is 0 Å². The van der Waals surface area contributed by atoms with Crippen LogP contribution in [-0.4, -0.2) is 11.5 Å². The fraction of sp³-hybridized carbons (Fsp3) is 0.722. The van der Waals surface area contributed by atoms with E-state index in [-0.39, 0.29) is 0 Å². The minimum atomic E-state index is 0.485. The molecule has 1 aromatic heterocycles. The summed E-state index contributed by atoms with van der Waals surface area (Å²) < 4.78 is 0. The molecule has 1 fully saturated rings. The number of rotatable bonds is 5. The summed E-state index contributed by atoms with van der Waals surface area (Å²) in [6, 6.07) is 4.83. The lowest BCUT2D eigenvalue weighted by Gasteiger charge is -2.37. The van der Waals surface area contributed by atoms with Crippen molar-refractivity contribution < 1.29 is 0 Å². The summed E-state index contributed by atoms with van der Waals surface area (Å²) >= 11 is 0. The molecule has 1 N–H and O–H groups in total. The molecule has 0 amide bonds. The van der Waals surface area contributed by atoms with Crippen molar-refractivity contribution in [1.82, 2.24) is 10.3 Å². The van der Waals surface area contributed by atoms with Crippen LogP contribution in [0.25, 0.3) is 0 Å². The summed E-state index contributed by atoms with van der Waals surface area (Å²) in [5, 5.41) is 3.79. The van der Waals surface area contributed by atoms with Crippen molar-refractivity contribution in [2.24, 2.45) is 17.8 Å². The molecule has 1 aliphatic carbocycles. The lowest BCUT2D eigenvalue weighted by Crippen LogP contribution is -2.34. The Bertz CT molecular complexity index is 416. The number of aromatic nitrogens is 1. The maximum Gasteiger partial charge on any atom is 0.0420 e. The van der Waals surface area contributed by atoms with E-state index in [0.29, 0.717) is 6.04 Å². The number of hydrogen-bond acceptors (Lipinski definition) is 2. The minimum absolute atomic E-state index is 0.485. The smallest absolute Gasteiger partial charge is 0.0420 e. The number of aryl methyl sites for hydroxylation is 1. The van der Waals surface area contributed by atoms with Gasteiger partial charge in [0, 0.05) is 17.9 Å². The third kappa shape index (κ3) is 3.60. The molecular weight excluding hydrogens is 244 g/mol. The van der Waals surface area contributed by atoms with Gasteiger partial charge < -0.3 is 5.32 Å². The highest BCUT2D eigenvalue weighted by Crippen LogP contribution is 2.40. The van der Waals surface area contributed by atoms with E-state index in [1.165, 1.54) is 36.9 Å². The van der Waals surface area contributed by atoms with E-state index in [1.807, 2.05) is 6.20 Å². The average molecular weight is 274 g/mol. The molecule has 0 aliphatic heterocycles. The molecule has 0 bridgehead atoms. The van der Waals surface area contributed by atoms with Crippen molar-refractivity contribution in [2.75, 3.05) is 6.54 Å². The zero-order chi connectivity index (χ0) is 14.5. The molecule has 0 radical (unpaired) electrons. The third-order valence-corrected chi connectivity index (χ3v) is 5.11. The first-order valence-corrected chi connectivity index (χ1v) is 8.28. The van der Waals surface area contributed by atoms with Gasteiger partial charge in [0.15, 0.2) is 0 Å². The van der Waals surface area contributed by atoms with Gasteiger partial charge in [-0.1, -0.05) is 33.3 Å². The van der Waals surface area contributed by atoms with E-state index < -0.39 is 0 Å². The highest BCUT2D eigenvalue weighted by molar-refractivity contribution is 5.23. The largest absolute Gasteiger partial charge is 0.310 e. The van der Waals surface area contributed by atoms with Gasteiger partial charge in [-0.05, 0) is 62.1 Å². The quantitative estimate of drug-likeness (QED) is 0.855. The van der Waals surface area contributed by atoms with E-state index >= 15 is 0 Å². The second-order valence-electron chi connectivity index (χ2n) is 6.64. The van der Waals surface area contributed by atoms with Gasteiger partial charge in [0.25, 0.3) is 0 Å². The fourth-order valence-corrected chi connectivity index (χ4v) is 3.55. The predicted octanol–water partition coefficient (Wildman–Crippen LogP) is 4.50. The molecule has 20 heavy (non-hydrogen) atoms. The van der Waals surface area contributed by atoms with Crippen LogP contribution in [0, 0.1) is 24.7 Å². The Morgan fingerprint density at radius 3 is 2.75 bits per heavy atom. The molecular formula is C18H30N2. The lowest BCUT2D eigenvalue weighted by molar-refractivity contribution is 0.170. The molecule has 4 atom stereocenters. The molecule has 2 rings (SSSR count). The van der Waals surface area contributed by atoms with Crippen molar-refractivity contribution >= 4 is 0 Å². The number of pyridine rings is 1. The van der Waals surface area contributed by atoms with E-state index in [1.54, 1.807) is 0 Å². The Balaban J connectivity index is 2.17. The summed E-state index contributed by atoms with van der Waals surface area (Å²) in [6.07, 6.45) is 7.16. The SMILES string of the molecule is CCCNC(c1cccnc1C)C1CCC(C)C(C)C1.